The number of aliphatic hydroxyl groups excluding tert-OH is 6. The zero-order valence-electron chi connectivity index (χ0n) is 20.4. The van der Waals surface area contributed by atoms with Crippen molar-refractivity contribution in [2.75, 3.05) is 20.3 Å². The first kappa shape index (κ1) is 28.4. The Morgan fingerprint density at radius 3 is 2.39 bits per heavy atom. The lowest BCUT2D eigenvalue weighted by molar-refractivity contribution is -0.348. The molecule has 0 radical (unpaired) electrons. The number of rotatable bonds is 8. The van der Waals surface area contributed by atoms with Gasteiger partial charge in [-0.05, 0) is 29.8 Å². The summed E-state index contributed by atoms with van der Waals surface area (Å²) >= 11 is 0. The molecule has 0 amide bonds. The first-order valence-electron chi connectivity index (χ1n) is 12.0. The van der Waals surface area contributed by atoms with Crippen LogP contribution >= 0.6 is 0 Å². The lowest BCUT2D eigenvalue weighted by atomic mass is 9.83. The molecule has 1 aliphatic carbocycles. The number of benzene rings is 1. The third kappa shape index (κ3) is 5.43. The number of carbonyl (C=O) groups is 1. The van der Waals surface area contributed by atoms with E-state index in [1.54, 1.807) is 24.3 Å². The van der Waals surface area contributed by atoms with Gasteiger partial charge in [0, 0.05) is 12.0 Å². The van der Waals surface area contributed by atoms with Crippen molar-refractivity contribution in [2.24, 2.45) is 11.8 Å². The van der Waals surface area contributed by atoms with E-state index in [1.165, 1.54) is 25.5 Å². The predicted octanol–water partition coefficient (Wildman–Crippen LogP) is -2.36. The first-order valence-corrected chi connectivity index (χ1v) is 12.0. The van der Waals surface area contributed by atoms with Crippen molar-refractivity contribution < 1.29 is 64.2 Å². The van der Waals surface area contributed by atoms with Gasteiger partial charge in [0.05, 0.1) is 32.0 Å². The molecule has 7 N–H and O–H groups in total. The second-order valence-corrected chi connectivity index (χ2v) is 9.41. The third-order valence-corrected chi connectivity index (χ3v) is 7.12. The van der Waals surface area contributed by atoms with Crippen LogP contribution in [-0.4, -0.2) is 117 Å². The Morgan fingerprint density at radius 1 is 1.03 bits per heavy atom. The van der Waals surface area contributed by atoms with Crippen molar-refractivity contribution >= 4 is 12.0 Å². The minimum atomic E-state index is -2.25. The summed E-state index contributed by atoms with van der Waals surface area (Å²) in [5, 5.41) is 72.5. The van der Waals surface area contributed by atoms with E-state index in [1.807, 2.05) is 0 Å². The van der Waals surface area contributed by atoms with E-state index in [4.69, 9.17) is 23.7 Å². The van der Waals surface area contributed by atoms with Gasteiger partial charge < -0.3 is 59.4 Å². The molecule has 13 nitrogen and oxygen atoms in total. The lowest BCUT2D eigenvalue weighted by Crippen LogP contribution is -2.61. The minimum Gasteiger partial charge on any atom is -0.497 e. The molecule has 38 heavy (non-hydrogen) atoms. The number of esters is 1. The lowest BCUT2D eigenvalue weighted by Gasteiger charge is -2.44. The number of hydrogen-bond donors (Lipinski definition) is 7. The number of fused-ring (bicyclic) bond motifs is 1. The first-order chi connectivity index (χ1) is 18.1. The van der Waals surface area contributed by atoms with Crippen LogP contribution in [-0.2, 0) is 23.7 Å². The maximum Gasteiger partial charge on any atom is 0.330 e. The summed E-state index contributed by atoms with van der Waals surface area (Å²) in [6.07, 6.45) is -7.53. The SMILES string of the molecule is COc1ccc(/C=C/C(=O)OC[C@]2(O)[C@H]3[C@H](O[C@@H]4O[C@H](CO)[C@@H](O)[C@H](O)[C@H]4O)OC=C[C@H]3[C@H](O)[C@@H]2O)cc1. The van der Waals surface area contributed by atoms with E-state index < -0.39 is 85.8 Å². The standard InChI is InChI=1S/C25H32O13/c1-34-13-5-2-12(3-6-13)4-7-16(27)36-11-25(33)17-14(18(28)22(25)32)8-9-35-23(17)38-24-21(31)20(30)19(29)15(10-26)37-24/h2-9,14-15,17-24,26,28-33H,10-11H2,1H3/b7-4+/t14-,15-,17-,18+,19-,20+,21-,22+,23+,24+,25+/m1/s1. The molecule has 13 heteroatoms. The van der Waals surface area contributed by atoms with Crippen LogP contribution in [0.5, 0.6) is 5.75 Å². The van der Waals surface area contributed by atoms with Gasteiger partial charge in [0.2, 0.25) is 6.29 Å². The van der Waals surface area contributed by atoms with Crippen LogP contribution in [0.4, 0.5) is 0 Å². The van der Waals surface area contributed by atoms with Gasteiger partial charge in [0.15, 0.2) is 6.29 Å². The fourth-order valence-electron chi connectivity index (χ4n) is 4.92. The van der Waals surface area contributed by atoms with Crippen LogP contribution in [0.15, 0.2) is 42.7 Å². The van der Waals surface area contributed by atoms with Crippen LogP contribution in [0, 0.1) is 11.8 Å². The molecule has 0 bridgehead atoms. The Balaban J connectivity index is 1.47. The van der Waals surface area contributed by atoms with Gasteiger partial charge in [-0.1, -0.05) is 12.1 Å². The molecule has 210 valence electrons. The van der Waals surface area contributed by atoms with E-state index >= 15 is 0 Å². The highest BCUT2D eigenvalue weighted by molar-refractivity contribution is 5.87. The number of hydrogen-bond acceptors (Lipinski definition) is 13. The molecule has 2 fully saturated rings. The average Bonchev–Trinajstić information content (AvgIpc) is 3.13. The van der Waals surface area contributed by atoms with Crippen LogP contribution < -0.4 is 4.74 Å². The average molecular weight is 541 g/mol. The monoisotopic (exact) mass is 540 g/mol. The van der Waals surface area contributed by atoms with Gasteiger partial charge in [-0.25, -0.2) is 4.79 Å². The van der Waals surface area contributed by atoms with Gasteiger partial charge in [-0.2, -0.15) is 0 Å². The number of aliphatic hydroxyl groups is 7. The smallest absolute Gasteiger partial charge is 0.330 e. The zero-order valence-corrected chi connectivity index (χ0v) is 20.4. The fourth-order valence-corrected chi connectivity index (χ4v) is 4.92. The van der Waals surface area contributed by atoms with Crippen molar-refractivity contribution in [1.29, 1.82) is 0 Å². The zero-order chi connectivity index (χ0) is 27.6. The summed E-state index contributed by atoms with van der Waals surface area (Å²) in [5.41, 5.74) is -1.58. The van der Waals surface area contributed by atoms with Crippen molar-refractivity contribution in [3.05, 3.63) is 48.2 Å². The van der Waals surface area contributed by atoms with Gasteiger partial charge in [-0.3, -0.25) is 0 Å². The van der Waals surface area contributed by atoms with Gasteiger partial charge >= 0.3 is 5.97 Å². The maximum absolute atomic E-state index is 12.4. The number of ether oxygens (including phenoxy) is 5. The summed E-state index contributed by atoms with van der Waals surface area (Å²) in [4.78, 5) is 12.4. The quantitative estimate of drug-likeness (QED) is 0.136. The highest BCUT2D eigenvalue weighted by Gasteiger charge is 2.64. The van der Waals surface area contributed by atoms with Crippen LogP contribution in [0.2, 0.25) is 0 Å². The Labute approximate surface area is 217 Å². The molecule has 2 aliphatic heterocycles. The van der Waals surface area contributed by atoms with Crippen molar-refractivity contribution in [1.82, 2.24) is 0 Å². The highest BCUT2D eigenvalue weighted by atomic mass is 16.8. The molecule has 1 saturated heterocycles. The summed E-state index contributed by atoms with van der Waals surface area (Å²) < 4.78 is 26.7. The summed E-state index contributed by atoms with van der Waals surface area (Å²) in [6, 6.07) is 6.83. The molecule has 0 spiro atoms. The van der Waals surface area contributed by atoms with Gasteiger partial charge in [0.1, 0.15) is 48.5 Å². The molecule has 0 aromatic heterocycles. The van der Waals surface area contributed by atoms with Crippen molar-refractivity contribution in [3.63, 3.8) is 0 Å². The minimum absolute atomic E-state index is 0.638. The molecule has 1 aromatic rings. The summed E-state index contributed by atoms with van der Waals surface area (Å²) in [7, 11) is 1.53. The van der Waals surface area contributed by atoms with E-state index in [9.17, 15) is 40.5 Å². The second-order valence-electron chi connectivity index (χ2n) is 9.41. The largest absolute Gasteiger partial charge is 0.497 e. The Kier molecular flexibility index (Phi) is 8.72. The molecular formula is C25H32O13. The highest BCUT2D eigenvalue weighted by Crippen LogP contribution is 2.47. The topological polar surface area (TPSA) is 205 Å². The normalized spacial score (nSPS) is 40.5. The second kappa shape index (κ2) is 11.7. The van der Waals surface area contributed by atoms with Gasteiger partial charge in [-0.15, -0.1) is 0 Å². The van der Waals surface area contributed by atoms with E-state index in [2.05, 4.69) is 0 Å². The third-order valence-electron chi connectivity index (χ3n) is 7.12. The Hall–Kier alpha value is -2.59. The van der Waals surface area contributed by atoms with Crippen molar-refractivity contribution in [3.8, 4) is 5.75 Å². The van der Waals surface area contributed by atoms with Crippen LogP contribution in [0.1, 0.15) is 5.56 Å². The molecule has 1 saturated carbocycles. The van der Waals surface area contributed by atoms with Crippen LogP contribution in [0.3, 0.4) is 0 Å². The van der Waals surface area contributed by atoms with Crippen LogP contribution in [0.25, 0.3) is 6.08 Å². The molecule has 3 aliphatic rings. The fraction of sp³-hybridized carbons (Fsp3) is 0.560. The molecule has 4 rings (SSSR count). The number of methoxy groups -OCH3 is 1. The van der Waals surface area contributed by atoms with E-state index in [0.717, 1.165) is 6.08 Å². The molecule has 2 heterocycles. The van der Waals surface area contributed by atoms with Crippen molar-refractivity contribution in [2.45, 2.75) is 54.8 Å². The predicted molar refractivity (Wildman–Crippen MR) is 126 cm³/mol. The Morgan fingerprint density at radius 2 is 1.74 bits per heavy atom. The molecular weight excluding hydrogens is 508 g/mol. The maximum atomic E-state index is 12.4. The molecule has 1 aromatic carbocycles. The summed E-state index contributed by atoms with van der Waals surface area (Å²) in [6.45, 7) is -1.44. The van der Waals surface area contributed by atoms with Gasteiger partial charge in [0.25, 0.3) is 0 Å². The molecule has 11 atom stereocenters. The number of carbonyl (C=O) groups excluding carboxylic acids is 1. The van der Waals surface area contributed by atoms with E-state index in [0.29, 0.717) is 11.3 Å². The molecule has 0 unspecified atom stereocenters. The van der Waals surface area contributed by atoms with E-state index in [-0.39, 0.29) is 0 Å². The summed E-state index contributed by atoms with van der Waals surface area (Å²) in [5.74, 6) is -2.33. The Bertz CT molecular complexity index is 1010.